The second-order valence-corrected chi connectivity index (χ2v) is 5.11. The molecule has 94 valence electrons. The SMILES string of the molecule is CC(C)(CCO)Nc1c(Br)cncc1[N+](=O)[O-]. The number of nitrogens with one attached hydrogen (secondary N) is 1. The molecule has 6 nitrogen and oxygen atoms in total. The highest BCUT2D eigenvalue weighted by Crippen LogP contribution is 2.33. The zero-order valence-corrected chi connectivity index (χ0v) is 11.2. The standard InChI is InChI=1S/C10H14BrN3O3/c1-10(2,3-4-15)13-9-7(11)5-12-6-8(9)14(16)17/h5-6,15H,3-4H2,1-2H3,(H,12,13). The fraction of sp³-hybridized carbons (Fsp3) is 0.500. The first-order chi connectivity index (χ1) is 7.87. The van der Waals surface area contributed by atoms with Crippen molar-refractivity contribution >= 4 is 27.3 Å². The molecule has 0 bridgehead atoms. The van der Waals surface area contributed by atoms with E-state index in [1.54, 1.807) is 0 Å². The van der Waals surface area contributed by atoms with Gasteiger partial charge < -0.3 is 10.4 Å². The molecule has 0 aromatic carbocycles. The summed E-state index contributed by atoms with van der Waals surface area (Å²) in [4.78, 5) is 14.1. The molecule has 0 amide bonds. The molecule has 0 saturated carbocycles. The van der Waals surface area contributed by atoms with E-state index in [-0.39, 0.29) is 12.3 Å². The zero-order chi connectivity index (χ0) is 13.1. The number of aromatic nitrogens is 1. The van der Waals surface area contributed by atoms with E-state index in [1.165, 1.54) is 12.4 Å². The Labute approximate surface area is 107 Å². The lowest BCUT2D eigenvalue weighted by atomic mass is 10.0. The Morgan fingerprint density at radius 2 is 2.24 bits per heavy atom. The minimum absolute atomic E-state index is 0.0104. The van der Waals surface area contributed by atoms with Gasteiger partial charge in [0.2, 0.25) is 0 Å². The number of nitrogens with zero attached hydrogens (tertiary/aromatic N) is 2. The number of hydrogen-bond donors (Lipinski definition) is 2. The highest BCUT2D eigenvalue weighted by Gasteiger charge is 2.24. The van der Waals surface area contributed by atoms with Crippen LogP contribution in [-0.2, 0) is 0 Å². The fourth-order valence-electron chi connectivity index (χ4n) is 1.37. The molecule has 0 saturated heterocycles. The molecular formula is C10H14BrN3O3. The van der Waals surface area contributed by atoms with Gasteiger partial charge in [-0.2, -0.15) is 0 Å². The summed E-state index contributed by atoms with van der Waals surface area (Å²) in [7, 11) is 0. The largest absolute Gasteiger partial charge is 0.396 e. The van der Waals surface area contributed by atoms with Crippen molar-refractivity contribution in [1.82, 2.24) is 4.98 Å². The van der Waals surface area contributed by atoms with Crippen LogP contribution in [0.15, 0.2) is 16.9 Å². The van der Waals surface area contributed by atoms with Crippen LogP contribution in [0.1, 0.15) is 20.3 Å². The predicted molar refractivity (Wildman–Crippen MR) is 68.0 cm³/mol. The minimum Gasteiger partial charge on any atom is -0.396 e. The predicted octanol–water partition coefficient (Wildman–Crippen LogP) is 2.33. The molecule has 0 unspecified atom stereocenters. The molecule has 7 heteroatoms. The maximum Gasteiger partial charge on any atom is 0.311 e. The topological polar surface area (TPSA) is 88.3 Å². The third-order valence-electron chi connectivity index (χ3n) is 2.28. The molecule has 0 atom stereocenters. The maximum absolute atomic E-state index is 10.9. The van der Waals surface area contributed by atoms with E-state index < -0.39 is 10.5 Å². The first kappa shape index (κ1) is 13.9. The van der Waals surface area contributed by atoms with E-state index in [4.69, 9.17) is 5.11 Å². The first-order valence-electron chi connectivity index (χ1n) is 5.04. The van der Waals surface area contributed by atoms with Crippen LogP contribution in [0.4, 0.5) is 11.4 Å². The van der Waals surface area contributed by atoms with Gasteiger partial charge in [-0.15, -0.1) is 0 Å². The van der Waals surface area contributed by atoms with Gasteiger partial charge in [-0.05, 0) is 36.2 Å². The van der Waals surface area contributed by atoms with Crippen molar-refractivity contribution in [3.05, 3.63) is 27.0 Å². The molecular weight excluding hydrogens is 290 g/mol. The molecule has 0 radical (unpaired) electrons. The number of pyridine rings is 1. The van der Waals surface area contributed by atoms with Crippen LogP contribution in [0.5, 0.6) is 0 Å². The molecule has 0 fully saturated rings. The van der Waals surface area contributed by atoms with Gasteiger partial charge in [0, 0.05) is 18.3 Å². The van der Waals surface area contributed by atoms with Crippen LogP contribution >= 0.6 is 15.9 Å². The number of nitro groups is 1. The first-order valence-corrected chi connectivity index (χ1v) is 5.83. The summed E-state index contributed by atoms with van der Waals surface area (Å²) in [6.07, 6.45) is 3.17. The van der Waals surface area contributed by atoms with Gasteiger partial charge in [0.1, 0.15) is 11.9 Å². The van der Waals surface area contributed by atoms with Crippen molar-refractivity contribution in [3.63, 3.8) is 0 Å². The zero-order valence-electron chi connectivity index (χ0n) is 9.61. The minimum atomic E-state index is -0.491. The molecule has 1 aromatic heterocycles. The Morgan fingerprint density at radius 3 is 2.76 bits per heavy atom. The van der Waals surface area contributed by atoms with Crippen molar-refractivity contribution in [3.8, 4) is 0 Å². The maximum atomic E-state index is 10.9. The van der Waals surface area contributed by atoms with Crippen molar-refractivity contribution in [2.24, 2.45) is 0 Å². The smallest absolute Gasteiger partial charge is 0.311 e. The van der Waals surface area contributed by atoms with Crippen LogP contribution in [0, 0.1) is 10.1 Å². The highest BCUT2D eigenvalue weighted by atomic mass is 79.9. The summed E-state index contributed by atoms with van der Waals surface area (Å²) < 4.78 is 0.526. The van der Waals surface area contributed by atoms with Crippen LogP contribution in [0.25, 0.3) is 0 Å². The van der Waals surface area contributed by atoms with Gasteiger partial charge >= 0.3 is 5.69 Å². The van der Waals surface area contributed by atoms with Crippen molar-refractivity contribution in [1.29, 1.82) is 0 Å². The molecule has 1 heterocycles. The van der Waals surface area contributed by atoms with Gasteiger partial charge in [-0.3, -0.25) is 15.1 Å². The van der Waals surface area contributed by atoms with Gasteiger partial charge in [-0.1, -0.05) is 0 Å². The lowest BCUT2D eigenvalue weighted by molar-refractivity contribution is -0.384. The summed E-state index contributed by atoms with van der Waals surface area (Å²) in [6, 6.07) is 0. The summed E-state index contributed by atoms with van der Waals surface area (Å²) >= 11 is 3.23. The number of aliphatic hydroxyl groups excluding tert-OH is 1. The van der Waals surface area contributed by atoms with Gasteiger partial charge in [0.05, 0.1) is 9.40 Å². The molecule has 0 aliphatic carbocycles. The summed E-state index contributed by atoms with van der Waals surface area (Å²) in [5.74, 6) is 0. The van der Waals surface area contributed by atoms with Gasteiger partial charge in [0.15, 0.2) is 0 Å². The number of anilines is 1. The highest BCUT2D eigenvalue weighted by molar-refractivity contribution is 9.10. The van der Waals surface area contributed by atoms with Crippen LogP contribution in [0.2, 0.25) is 0 Å². The summed E-state index contributed by atoms with van der Waals surface area (Å²) in [5, 5.41) is 22.9. The Morgan fingerprint density at radius 1 is 1.59 bits per heavy atom. The molecule has 17 heavy (non-hydrogen) atoms. The second kappa shape index (κ2) is 5.42. The molecule has 0 spiro atoms. The van der Waals surface area contributed by atoms with Crippen LogP contribution in [-0.4, -0.2) is 27.2 Å². The average molecular weight is 304 g/mol. The van der Waals surface area contributed by atoms with Gasteiger partial charge in [0.25, 0.3) is 0 Å². The Bertz CT molecular complexity index is 423. The van der Waals surface area contributed by atoms with E-state index in [1.807, 2.05) is 13.8 Å². The summed E-state index contributed by atoms with van der Waals surface area (Å²) in [6.45, 7) is 3.73. The third kappa shape index (κ3) is 3.64. The fourth-order valence-corrected chi connectivity index (χ4v) is 1.79. The quantitative estimate of drug-likeness (QED) is 0.644. The number of hydrogen-bond acceptors (Lipinski definition) is 5. The van der Waals surface area contributed by atoms with Crippen molar-refractivity contribution in [2.45, 2.75) is 25.8 Å². The van der Waals surface area contributed by atoms with Crippen molar-refractivity contribution in [2.75, 3.05) is 11.9 Å². The lowest BCUT2D eigenvalue weighted by Crippen LogP contribution is -2.32. The van der Waals surface area contributed by atoms with E-state index in [0.717, 1.165) is 0 Å². The van der Waals surface area contributed by atoms with E-state index in [2.05, 4.69) is 26.2 Å². The van der Waals surface area contributed by atoms with Gasteiger partial charge in [-0.25, -0.2) is 0 Å². The second-order valence-electron chi connectivity index (χ2n) is 4.26. The Hall–Kier alpha value is -1.21. The molecule has 1 aromatic rings. The molecule has 2 N–H and O–H groups in total. The lowest BCUT2D eigenvalue weighted by Gasteiger charge is -2.26. The van der Waals surface area contributed by atoms with E-state index >= 15 is 0 Å². The third-order valence-corrected chi connectivity index (χ3v) is 2.88. The normalized spacial score (nSPS) is 11.3. The summed E-state index contributed by atoms with van der Waals surface area (Å²) in [5.41, 5.74) is -0.155. The van der Waals surface area contributed by atoms with Crippen molar-refractivity contribution < 1.29 is 10.0 Å². The van der Waals surface area contributed by atoms with E-state index in [9.17, 15) is 10.1 Å². The number of rotatable bonds is 5. The van der Waals surface area contributed by atoms with E-state index in [0.29, 0.717) is 16.6 Å². The number of halogens is 1. The Balaban J connectivity index is 3.08. The molecule has 0 aliphatic rings. The van der Waals surface area contributed by atoms with Crippen LogP contribution < -0.4 is 5.32 Å². The monoisotopic (exact) mass is 303 g/mol. The van der Waals surface area contributed by atoms with Crippen LogP contribution in [0.3, 0.4) is 0 Å². The number of aliphatic hydroxyl groups is 1. The Kier molecular flexibility index (Phi) is 4.41. The average Bonchev–Trinajstić information content (AvgIpc) is 2.20. The molecule has 0 aliphatic heterocycles. The molecule has 1 rings (SSSR count).